The number of aromatic nitrogens is 1. The third kappa shape index (κ3) is 2.19. The fourth-order valence-corrected chi connectivity index (χ4v) is 4.40. The first-order chi connectivity index (χ1) is 12.6. The Morgan fingerprint density at radius 3 is 2.81 bits per heavy atom. The summed E-state index contributed by atoms with van der Waals surface area (Å²) in [6.45, 7) is 1.77. The monoisotopic (exact) mass is 358 g/mol. The van der Waals surface area contributed by atoms with E-state index >= 15 is 4.39 Å². The zero-order valence-electron chi connectivity index (χ0n) is 14.2. The molecule has 0 unspecified atom stereocenters. The lowest BCUT2D eigenvalue weighted by Gasteiger charge is -2.42. The molecule has 1 aliphatic carbocycles. The van der Waals surface area contributed by atoms with E-state index in [1.54, 1.807) is 0 Å². The number of hydrogen-bond donors (Lipinski definition) is 1. The van der Waals surface area contributed by atoms with Crippen LogP contribution in [0.2, 0.25) is 0 Å². The van der Waals surface area contributed by atoms with Gasteiger partial charge in [-0.05, 0) is 31.7 Å². The number of rotatable bonds is 2. The molecule has 2 fully saturated rings. The molecular weight excluding hydrogens is 339 g/mol. The van der Waals surface area contributed by atoms with E-state index in [0.29, 0.717) is 37.4 Å². The van der Waals surface area contributed by atoms with Crippen molar-refractivity contribution < 1.29 is 19.0 Å². The molecule has 1 aromatic heterocycles. The number of aromatic carboxylic acids is 1. The van der Waals surface area contributed by atoms with Gasteiger partial charge in [0.2, 0.25) is 5.43 Å². The van der Waals surface area contributed by atoms with Crippen molar-refractivity contribution in [3.05, 3.63) is 39.4 Å². The molecule has 0 bridgehead atoms. The first-order valence-corrected chi connectivity index (χ1v) is 9.04. The smallest absolute Gasteiger partial charge is 0.341 e. The standard InChI is InChI=1S/C19H19FN2O4/c20-15-7-13-16(12-4-3-11-9-26-6-5-21(11)17(12)15)22(10-1-2-10)8-14(18(13)23)19(24)25/h7-8,10-11H,1-6,9H2,(H,24,25)/t11-/m1/s1. The lowest BCUT2D eigenvalue weighted by atomic mass is 9.92. The van der Waals surface area contributed by atoms with Crippen LogP contribution in [0.15, 0.2) is 17.1 Å². The second kappa shape index (κ2) is 5.54. The Labute approximate surface area is 148 Å². The SMILES string of the molecule is O=C(O)c1cn(C2CC2)c2c3c(c(F)cc2c1=O)N1CCOC[C@H]1CC3. The van der Waals surface area contributed by atoms with E-state index in [-0.39, 0.29) is 23.0 Å². The number of nitrogens with zero attached hydrogens (tertiary/aromatic N) is 2. The number of benzene rings is 1. The van der Waals surface area contributed by atoms with E-state index in [4.69, 9.17) is 4.74 Å². The summed E-state index contributed by atoms with van der Waals surface area (Å²) < 4.78 is 22.5. The Morgan fingerprint density at radius 1 is 1.27 bits per heavy atom. The molecule has 1 N–H and O–H groups in total. The van der Waals surface area contributed by atoms with Crippen LogP contribution in [0.1, 0.15) is 41.2 Å². The summed E-state index contributed by atoms with van der Waals surface area (Å²) in [5.41, 5.74) is 1.22. The van der Waals surface area contributed by atoms with Crippen molar-refractivity contribution in [2.24, 2.45) is 0 Å². The minimum atomic E-state index is -1.27. The molecule has 7 heteroatoms. The van der Waals surface area contributed by atoms with E-state index in [2.05, 4.69) is 4.90 Å². The number of fused-ring (bicyclic) bond motifs is 5. The first-order valence-electron chi connectivity index (χ1n) is 9.04. The first kappa shape index (κ1) is 15.8. The van der Waals surface area contributed by atoms with Crippen LogP contribution in [0.25, 0.3) is 10.9 Å². The van der Waals surface area contributed by atoms with Gasteiger partial charge in [-0.15, -0.1) is 0 Å². The third-order valence-electron chi connectivity index (χ3n) is 5.75. The van der Waals surface area contributed by atoms with Crippen LogP contribution in [-0.4, -0.2) is 41.4 Å². The predicted molar refractivity (Wildman–Crippen MR) is 93.7 cm³/mol. The summed E-state index contributed by atoms with van der Waals surface area (Å²) in [6, 6.07) is 1.58. The Morgan fingerprint density at radius 2 is 2.08 bits per heavy atom. The summed E-state index contributed by atoms with van der Waals surface area (Å²) in [5, 5.41) is 9.56. The number of carboxylic acids is 1. The molecule has 3 aliphatic rings. The largest absolute Gasteiger partial charge is 0.477 e. The molecule has 3 heterocycles. The van der Waals surface area contributed by atoms with Crippen molar-refractivity contribution in [2.45, 2.75) is 37.8 Å². The van der Waals surface area contributed by atoms with Gasteiger partial charge in [0.1, 0.15) is 11.4 Å². The molecule has 1 saturated heterocycles. The van der Waals surface area contributed by atoms with E-state index in [1.807, 2.05) is 4.57 Å². The minimum Gasteiger partial charge on any atom is -0.477 e. The number of aryl methyl sites for hydroxylation is 1. The number of morpholine rings is 1. The van der Waals surface area contributed by atoms with Gasteiger partial charge in [-0.1, -0.05) is 0 Å². The van der Waals surface area contributed by atoms with Gasteiger partial charge >= 0.3 is 5.97 Å². The van der Waals surface area contributed by atoms with Gasteiger partial charge in [-0.25, -0.2) is 9.18 Å². The molecule has 2 aliphatic heterocycles. The van der Waals surface area contributed by atoms with Gasteiger partial charge in [0.05, 0.1) is 30.5 Å². The maximum absolute atomic E-state index is 15.1. The van der Waals surface area contributed by atoms with Crippen molar-refractivity contribution in [3.8, 4) is 0 Å². The fourth-order valence-electron chi connectivity index (χ4n) is 4.40. The Hall–Kier alpha value is -2.41. The predicted octanol–water partition coefficient (Wildman–Crippen LogP) is 2.33. The maximum atomic E-state index is 15.1. The molecule has 1 saturated carbocycles. The molecular formula is C19H19FN2O4. The molecule has 1 atom stereocenters. The second-order valence-corrected chi connectivity index (χ2v) is 7.36. The summed E-state index contributed by atoms with van der Waals surface area (Å²) in [6.07, 6.45) is 4.85. The van der Waals surface area contributed by atoms with Crippen molar-refractivity contribution in [1.82, 2.24) is 4.57 Å². The Bertz CT molecular complexity index is 995. The lowest BCUT2D eigenvalue weighted by molar-refractivity contribution is 0.0694. The van der Waals surface area contributed by atoms with Gasteiger partial charge in [-0.2, -0.15) is 0 Å². The topological polar surface area (TPSA) is 71.8 Å². The zero-order valence-corrected chi connectivity index (χ0v) is 14.2. The van der Waals surface area contributed by atoms with Crippen molar-refractivity contribution >= 4 is 22.6 Å². The van der Waals surface area contributed by atoms with Crippen LogP contribution in [0.4, 0.5) is 10.1 Å². The van der Waals surface area contributed by atoms with Gasteiger partial charge < -0.3 is 19.3 Å². The number of ether oxygens (including phenoxy) is 1. The van der Waals surface area contributed by atoms with Crippen molar-refractivity contribution in [2.75, 3.05) is 24.7 Å². The van der Waals surface area contributed by atoms with E-state index in [1.165, 1.54) is 12.3 Å². The number of halogens is 1. The highest BCUT2D eigenvalue weighted by Crippen LogP contribution is 2.43. The fraction of sp³-hybridized carbons (Fsp3) is 0.474. The number of anilines is 1. The highest BCUT2D eigenvalue weighted by molar-refractivity contribution is 5.95. The zero-order chi connectivity index (χ0) is 18.0. The van der Waals surface area contributed by atoms with Crippen molar-refractivity contribution in [3.63, 3.8) is 0 Å². The van der Waals surface area contributed by atoms with Gasteiger partial charge in [0, 0.05) is 29.7 Å². The minimum absolute atomic E-state index is 0.155. The van der Waals surface area contributed by atoms with Crippen LogP contribution < -0.4 is 10.3 Å². The molecule has 0 radical (unpaired) electrons. The molecule has 0 amide bonds. The van der Waals surface area contributed by atoms with Gasteiger partial charge in [0.15, 0.2) is 0 Å². The second-order valence-electron chi connectivity index (χ2n) is 7.36. The van der Waals surface area contributed by atoms with E-state index < -0.39 is 17.2 Å². The molecule has 26 heavy (non-hydrogen) atoms. The average Bonchev–Trinajstić information content (AvgIpc) is 3.47. The summed E-state index contributed by atoms with van der Waals surface area (Å²) in [4.78, 5) is 26.2. The normalized spacial score (nSPS) is 22.2. The molecule has 5 rings (SSSR count). The van der Waals surface area contributed by atoms with Gasteiger partial charge in [0.25, 0.3) is 0 Å². The number of hydrogen-bond acceptors (Lipinski definition) is 4. The van der Waals surface area contributed by atoms with Crippen molar-refractivity contribution in [1.29, 1.82) is 0 Å². The Balaban J connectivity index is 1.84. The lowest BCUT2D eigenvalue weighted by Crippen LogP contribution is -2.48. The van der Waals surface area contributed by atoms with Crippen LogP contribution in [0.5, 0.6) is 0 Å². The third-order valence-corrected chi connectivity index (χ3v) is 5.75. The molecule has 1 aromatic carbocycles. The molecule has 2 aromatic rings. The van der Waals surface area contributed by atoms with Crippen LogP contribution in [0.3, 0.4) is 0 Å². The number of carbonyl (C=O) groups is 1. The van der Waals surface area contributed by atoms with Crippen LogP contribution >= 0.6 is 0 Å². The highest BCUT2D eigenvalue weighted by atomic mass is 19.1. The quantitative estimate of drug-likeness (QED) is 0.892. The van der Waals surface area contributed by atoms with Crippen LogP contribution in [-0.2, 0) is 11.2 Å². The van der Waals surface area contributed by atoms with E-state index in [0.717, 1.165) is 24.8 Å². The van der Waals surface area contributed by atoms with E-state index in [9.17, 15) is 14.7 Å². The number of pyridine rings is 1. The van der Waals surface area contributed by atoms with Gasteiger partial charge in [-0.3, -0.25) is 4.79 Å². The summed E-state index contributed by atoms with van der Waals surface area (Å²) in [5.74, 6) is -1.71. The number of carboxylic acid groups (broad SMARTS) is 1. The van der Waals surface area contributed by atoms with Crippen LogP contribution in [0, 0.1) is 5.82 Å². The highest BCUT2D eigenvalue weighted by Gasteiger charge is 2.35. The molecule has 6 nitrogen and oxygen atoms in total. The Kier molecular flexibility index (Phi) is 3.37. The average molecular weight is 358 g/mol. The summed E-state index contributed by atoms with van der Waals surface area (Å²) in [7, 11) is 0. The maximum Gasteiger partial charge on any atom is 0.341 e. The molecule has 0 spiro atoms. The molecule has 136 valence electrons. The summed E-state index contributed by atoms with van der Waals surface area (Å²) >= 11 is 0.